The third kappa shape index (κ3) is 3.84. The maximum atomic E-state index is 11.4. The number of rotatable bonds is 6. The lowest BCUT2D eigenvalue weighted by Crippen LogP contribution is -2.25. The first-order valence-electron chi connectivity index (χ1n) is 6.06. The number of carboxylic acids is 1. The van der Waals surface area contributed by atoms with Gasteiger partial charge in [-0.05, 0) is 24.0 Å². The molecule has 1 N–H and O–H groups in total. The van der Waals surface area contributed by atoms with E-state index < -0.39 is 5.97 Å². The summed E-state index contributed by atoms with van der Waals surface area (Å²) in [5.74, 6) is -0.724. The summed E-state index contributed by atoms with van der Waals surface area (Å²) in [4.78, 5) is 11.4. The van der Waals surface area contributed by atoms with E-state index in [9.17, 15) is 9.90 Å². The molecular formula is C14H19BrO2. The van der Waals surface area contributed by atoms with Gasteiger partial charge in [0.2, 0.25) is 0 Å². The molecule has 0 bridgehead atoms. The highest BCUT2D eigenvalue weighted by Crippen LogP contribution is 2.27. The fourth-order valence-electron chi connectivity index (χ4n) is 2.21. The zero-order chi connectivity index (χ0) is 12.8. The van der Waals surface area contributed by atoms with Gasteiger partial charge in [0, 0.05) is 4.47 Å². The minimum Gasteiger partial charge on any atom is -0.481 e. The minimum atomic E-state index is -0.686. The molecule has 0 saturated carbocycles. The molecule has 0 aromatic heterocycles. The molecule has 0 radical (unpaired) electrons. The van der Waals surface area contributed by atoms with Crippen molar-refractivity contribution in [1.82, 2.24) is 0 Å². The van der Waals surface area contributed by atoms with E-state index in [0.29, 0.717) is 6.42 Å². The van der Waals surface area contributed by atoms with Gasteiger partial charge in [-0.1, -0.05) is 60.8 Å². The Labute approximate surface area is 111 Å². The highest BCUT2D eigenvalue weighted by atomic mass is 79.9. The average Bonchev–Trinajstić information content (AvgIpc) is 2.31. The van der Waals surface area contributed by atoms with Crippen molar-refractivity contribution in [3.05, 3.63) is 34.3 Å². The summed E-state index contributed by atoms with van der Waals surface area (Å²) >= 11 is 3.47. The van der Waals surface area contributed by atoms with Gasteiger partial charge in [0.05, 0.1) is 5.92 Å². The molecule has 0 aliphatic heterocycles. The zero-order valence-corrected chi connectivity index (χ0v) is 11.9. The fraction of sp³-hybridized carbons (Fsp3) is 0.500. The monoisotopic (exact) mass is 298 g/mol. The predicted molar refractivity (Wildman–Crippen MR) is 73.0 cm³/mol. The number of halogens is 1. The van der Waals surface area contributed by atoms with E-state index in [1.54, 1.807) is 0 Å². The van der Waals surface area contributed by atoms with Crippen LogP contribution >= 0.6 is 15.9 Å². The van der Waals surface area contributed by atoms with Crippen molar-refractivity contribution >= 4 is 21.9 Å². The van der Waals surface area contributed by atoms with Crippen LogP contribution in [0.15, 0.2) is 28.7 Å². The number of aliphatic carboxylic acids is 1. The van der Waals surface area contributed by atoms with Crippen LogP contribution in [0.5, 0.6) is 0 Å². The van der Waals surface area contributed by atoms with E-state index in [-0.39, 0.29) is 11.8 Å². The van der Waals surface area contributed by atoms with Gasteiger partial charge in [-0.2, -0.15) is 0 Å². The summed E-state index contributed by atoms with van der Waals surface area (Å²) in [5, 5.41) is 9.34. The molecule has 3 heteroatoms. The Morgan fingerprint density at radius 2 is 1.88 bits per heavy atom. The summed E-state index contributed by atoms with van der Waals surface area (Å²) in [7, 11) is 0. The molecule has 1 unspecified atom stereocenters. The Hall–Kier alpha value is -0.830. The Morgan fingerprint density at radius 1 is 1.29 bits per heavy atom. The predicted octanol–water partition coefficient (Wildman–Crippen LogP) is 4.13. The molecule has 0 amide bonds. The summed E-state index contributed by atoms with van der Waals surface area (Å²) < 4.78 is 0.997. The molecule has 0 aliphatic rings. The molecule has 0 heterocycles. The standard InChI is InChI=1S/C14H19BrO2/c1-3-10(4-2)12(14(16)17)9-11-7-5-6-8-13(11)15/h5-8,10,12H,3-4,9H2,1-2H3,(H,16,17). The third-order valence-electron chi connectivity index (χ3n) is 3.33. The first-order valence-corrected chi connectivity index (χ1v) is 6.85. The second kappa shape index (κ2) is 6.80. The summed E-state index contributed by atoms with van der Waals surface area (Å²) in [6.07, 6.45) is 2.43. The van der Waals surface area contributed by atoms with Crippen LogP contribution in [0.4, 0.5) is 0 Å². The summed E-state index contributed by atoms with van der Waals surface area (Å²) in [5.41, 5.74) is 1.08. The van der Waals surface area contributed by atoms with Crippen LogP contribution in [0, 0.1) is 11.8 Å². The first kappa shape index (κ1) is 14.2. The van der Waals surface area contributed by atoms with Gasteiger partial charge < -0.3 is 5.11 Å². The van der Waals surface area contributed by atoms with Gasteiger partial charge >= 0.3 is 5.97 Å². The third-order valence-corrected chi connectivity index (χ3v) is 4.11. The second-order valence-corrected chi connectivity index (χ2v) is 5.17. The summed E-state index contributed by atoms with van der Waals surface area (Å²) in [6.45, 7) is 4.12. The molecule has 2 nitrogen and oxygen atoms in total. The Balaban J connectivity index is 2.87. The Kier molecular flexibility index (Phi) is 5.69. The Bertz CT molecular complexity index is 372. The molecule has 0 saturated heterocycles. The van der Waals surface area contributed by atoms with Crippen molar-refractivity contribution in [2.75, 3.05) is 0 Å². The normalized spacial score (nSPS) is 12.7. The highest BCUT2D eigenvalue weighted by Gasteiger charge is 2.26. The van der Waals surface area contributed by atoms with Crippen molar-refractivity contribution in [2.45, 2.75) is 33.1 Å². The van der Waals surface area contributed by atoms with E-state index in [1.807, 2.05) is 24.3 Å². The van der Waals surface area contributed by atoms with Crippen LogP contribution in [-0.4, -0.2) is 11.1 Å². The molecular weight excluding hydrogens is 280 g/mol. The van der Waals surface area contributed by atoms with Crippen LogP contribution in [0.3, 0.4) is 0 Å². The number of carboxylic acid groups (broad SMARTS) is 1. The lowest BCUT2D eigenvalue weighted by molar-refractivity contribution is -0.143. The maximum absolute atomic E-state index is 11.4. The van der Waals surface area contributed by atoms with E-state index in [0.717, 1.165) is 22.9 Å². The van der Waals surface area contributed by atoms with Gasteiger partial charge in [0.15, 0.2) is 0 Å². The van der Waals surface area contributed by atoms with Crippen LogP contribution in [0.2, 0.25) is 0 Å². The number of hydrogen-bond donors (Lipinski definition) is 1. The number of hydrogen-bond acceptors (Lipinski definition) is 1. The molecule has 0 fully saturated rings. The smallest absolute Gasteiger partial charge is 0.307 e. The van der Waals surface area contributed by atoms with Crippen LogP contribution in [0.1, 0.15) is 32.3 Å². The van der Waals surface area contributed by atoms with Crippen molar-refractivity contribution in [3.8, 4) is 0 Å². The second-order valence-electron chi connectivity index (χ2n) is 4.32. The van der Waals surface area contributed by atoms with Crippen LogP contribution in [-0.2, 0) is 11.2 Å². The number of benzene rings is 1. The quantitative estimate of drug-likeness (QED) is 0.857. The van der Waals surface area contributed by atoms with Gasteiger partial charge in [0.25, 0.3) is 0 Å². The van der Waals surface area contributed by atoms with Crippen molar-refractivity contribution in [1.29, 1.82) is 0 Å². The molecule has 17 heavy (non-hydrogen) atoms. The molecule has 0 aliphatic carbocycles. The van der Waals surface area contributed by atoms with Gasteiger partial charge in [0.1, 0.15) is 0 Å². The first-order chi connectivity index (χ1) is 8.10. The van der Waals surface area contributed by atoms with E-state index in [4.69, 9.17) is 0 Å². The van der Waals surface area contributed by atoms with Gasteiger partial charge in [-0.25, -0.2) is 0 Å². The Morgan fingerprint density at radius 3 is 2.35 bits per heavy atom. The van der Waals surface area contributed by atoms with Crippen LogP contribution in [0.25, 0.3) is 0 Å². The minimum absolute atomic E-state index is 0.250. The number of carbonyl (C=O) groups is 1. The van der Waals surface area contributed by atoms with Crippen LogP contribution < -0.4 is 0 Å². The molecule has 0 spiro atoms. The van der Waals surface area contributed by atoms with Crippen molar-refractivity contribution in [3.63, 3.8) is 0 Å². The topological polar surface area (TPSA) is 37.3 Å². The van der Waals surface area contributed by atoms with Gasteiger partial charge in [-0.3, -0.25) is 4.79 Å². The van der Waals surface area contributed by atoms with Crippen molar-refractivity contribution < 1.29 is 9.90 Å². The largest absolute Gasteiger partial charge is 0.481 e. The van der Waals surface area contributed by atoms with E-state index >= 15 is 0 Å². The molecule has 1 rings (SSSR count). The average molecular weight is 299 g/mol. The summed E-state index contributed by atoms with van der Waals surface area (Å²) in [6, 6.07) is 7.84. The van der Waals surface area contributed by atoms with E-state index in [1.165, 1.54) is 0 Å². The molecule has 1 aromatic rings. The highest BCUT2D eigenvalue weighted by molar-refractivity contribution is 9.10. The van der Waals surface area contributed by atoms with Gasteiger partial charge in [-0.15, -0.1) is 0 Å². The SMILES string of the molecule is CCC(CC)C(Cc1ccccc1Br)C(=O)O. The molecule has 1 aromatic carbocycles. The lowest BCUT2D eigenvalue weighted by atomic mass is 9.83. The maximum Gasteiger partial charge on any atom is 0.307 e. The van der Waals surface area contributed by atoms with E-state index in [2.05, 4.69) is 29.8 Å². The fourth-order valence-corrected chi connectivity index (χ4v) is 2.66. The van der Waals surface area contributed by atoms with Crippen molar-refractivity contribution in [2.24, 2.45) is 11.8 Å². The lowest BCUT2D eigenvalue weighted by Gasteiger charge is -2.21. The molecule has 94 valence electrons. The zero-order valence-electron chi connectivity index (χ0n) is 10.3. The molecule has 1 atom stereocenters.